The minimum atomic E-state index is -1.25. The van der Waals surface area contributed by atoms with Crippen molar-refractivity contribution in [2.24, 2.45) is 0 Å². The highest BCUT2D eigenvalue weighted by Crippen LogP contribution is 2.44. The Labute approximate surface area is 236 Å². The van der Waals surface area contributed by atoms with Crippen molar-refractivity contribution < 1.29 is 19.0 Å². The van der Waals surface area contributed by atoms with Gasteiger partial charge in [-0.15, -0.1) is 10.2 Å². The number of hydrogen-bond acceptors (Lipinski definition) is 7. The smallest absolute Gasteiger partial charge is 0.343 e. The molecule has 0 N–H and O–H groups in total. The quantitative estimate of drug-likeness (QED) is 0.112. The molecule has 0 atom stereocenters. The van der Waals surface area contributed by atoms with Gasteiger partial charge >= 0.3 is 5.97 Å². The molecule has 1 aliphatic rings. The van der Waals surface area contributed by atoms with Crippen molar-refractivity contribution >= 4 is 24.9 Å². The highest BCUT2D eigenvalue weighted by atomic mass is 28.3. The lowest BCUT2D eigenvalue weighted by Gasteiger charge is -2.28. The van der Waals surface area contributed by atoms with E-state index >= 15 is 0 Å². The molecule has 2 aromatic heterocycles. The van der Waals surface area contributed by atoms with E-state index in [9.17, 15) is 4.79 Å². The van der Waals surface area contributed by atoms with E-state index < -0.39 is 14.0 Å². The monoisotopic (exact) mass is 558 g/mol. The molecule has 4 aromatic rings. The predicted molar refractivity (Wildman–Crippen MR) is 159 cm³/mol. The number of esters is 1. The fourth-order valence-corrected chi connectivity index (χ4v) is 5.75. The molecule has 0 radical (unpaired) electrons. The number of methoxy groups -OCH3 is 1. The van der Waals surface area contributed by atoms with Gasteiger partial charge in [0, 0.05) is 31.2 Å². The van der Waals surface area contributed by atoms with E-state index in [1.165, 1.54) is 19.1 Å². The lowest BCUT2D eigenvalue weighted by molar-refractivity contribution is 0.0522. The summed E-state index contributed by atoms with van der Waals surface area (Å²) in [6, 6.07) is 17.1. The van der Waals surface area contributed by atoms with Crippen LogP contribution in [0.4, 0.5) is 0 Å². The van der Waals surface area contributed by atoms with Gasteiger partial charge in [0.2, 0.25) is 5.88 Å². The van der Waals surface area contributed by atoms with E-state index in [1.54, 1.807) is 13.0 Å². The lowest BCUT2D eigenvalue weighted by atomic mass is 9.77. The number of hydrogen-bond donors (Lipinski definition) is 0. The van der Waals surface area contributed by atoms with Crippen LogP contribution in [0.5, 0.6) is 5.88 Å². The van der Waals surface area contributed by atoms with Gasteiger partial charge in [0.15, 0.2) is 11.6 Å². The number of fused-ring (bicyclic) bond motifs is 1. The van der Waals surface area contributed by atoms with Crippen LogP contribution in [-0.2, 0) is 16.2 Å². The Balaban J connectivity index is 1.69. The Bertz CT molecular complexity index is 1490. The van der Waals surface area contributed by atoms with Gasteiger partial charge in [0.1, 0.15) is 12.3 Å². The highest BCUT2D eigenvalue weighted by Gasteiger charge is 2.29. The molecule has 0 aliphatic heterocycles. The van der Waals surface area contributed by atoms with Gasteiger partial charge in [-0.3, -0.25) is 4.57 Å². The second kappa shape index (κ2) is 11.9. The summed E-state index contributed by atoms with van der Waals surface area (Å²) in [5.74, 6) is 1.64. The predicted octanol–water partition coefficient (Wildman–Crippen LogP) is 6.93. The largest absolute Gasteiger partial charge is 0.480 e. The summed E-state index contributed by atoms with van der Waals surface area (Å²) >= 11 is 0. The van der Waals surface area contributed by atoms with Crippen molar-refractivity contribution in [1.29, 1.82) is 0 Å². The Hall–Kier alpha value is -3.56. The molecule has 0 bridgehead atoms. The number of ether oxygens (including phenoxy) is 3. The van der Waals surface area contributed by atoms with Crippen LogP contribution in [0.3, 0.4) is 0 Å². The van der Waals surface area contributed by atoms with Gasteiger partial charge in [-0.25, -0.2) is 9.78 Å². The molecular formula is C31H38N4O4Si. The maximum absolute atomic E-state index is 12.7. The maximum Gasteiger partial charge on any atom is 0.343 e. The third kappa shape index (κ3) is 5.81. The molecule has 0 spiro atoms. The van der Waals surface area contributed by atoms with Crippen LogP contribution in [0, 0.1) is 0 Å². The molecule has 2 aromatic carbocycles. The first-order chi connectivity index (χ1) is 19.3. The van der Waals surface area contributed by atoms with Crippen LogP contribution < -0.4 is 4.74 Å². The SMILES string of the molecule is CCOC(=O)c1cc2ccc(C3CCC3)c(-c3nnc(-c4ccccc4)n3COCC[Si](C)(C)C)c2nc1OC. The molecule has 8 nitrogen and oxygen atoms in total. The minimum Gasteiger partial charge on any atom is -0.480 e. The number of aromatic nitrogens is 4. The maximum atomic E-state index is 12.7. The molecule has 1 fully saturated rings. The van der Waals surface area contributed by atoms with Crippen LogP contribution in [0.15, 0.2) is 48.5 Å². The number of carbonyl (C=O) groups is 1. The van der Waals surface area contributed by atoms with Crippen molar-refractivity contribution in [1.82, 2.24) is 19.7 Å². The third-order valence-corrected chi connectivity index (χ3v) is 9.15. The molecule has 40 heavy (non-hydrogen) atoms. The summed E-state index contributed by atoms with van der Waals surface area (Å²) in [5.41, 5.74) is 4.10. The van der Waals surface area contributed by atoms with Crippen molar-refractivity contribution in [3.8, 4) is 28.7 Å². The summed E-state index contributed by atoms with van der Waals surface area (Å²) in [6.07, 6.45) is 3.42. The van der Waals surface area contributed by atoms with Crippen LogP contribution in [0.2, 0.25) is 25.7 Å². The fourth-order valence-electron chi connectivity index (χ4n) is 4.99. The first-order valence-corrected chi connectivity index (χ1v) is 17.8. The molecular weight excluding hydrogens is 520 g/mol. The Morgan fingerprint density at radius 2 is 1.80 bits per heavy atom. The van der Waals surface area contributed by atoms with Crippen molar-refractivity contribution in [2.45, 2.75) is 64.5 Å². The molecule has 9 heteroatoms. The molecule has 0 unspecified atom stereocenters. The van der Waals surface area contributed by atoms with E-state index in [1.807, 2.05) is 36.4 Å². The third-order valence-electron chi connectivity index (χ3n) is 7.44. The number of carbonyl (C=O) groups excluding carboxylic acids is 1. The van der Waals surface area contributed by atoms with Gasteiger partial charge in [-0.2, -0.15) is 0 Å². The van der Waals surface area contributed by atoms with E-state index in [2.05, 4.69) is 35.4 Å². The first-order valence-electron chi connectivity index (χ1n) is 14.1. The van der Waals surface area contributed by atoms with Gasteiger partial charge in [-0.1, -0.05) is 68.5 Å². The molecule has 0 amide bonds. The molecule has 0 saturated heterocycles. The molecule has 5 rings (SSSR count). The molecule has 2 heterocycles. The van der Waals surface area contributed by atoms with Crippen molar-refractivity contribution in [3.63, 3.8) is 0 Å². The standard InChI is InChI=1S/C31H38N4O4Si/c1-6-39-31(36)25-19-23-15-16-24(21-13-10-14-21)26(27(23)32-30(25)37-2)29-34-33-28(22-11-8-7-9-12-22)35(29)20-38-17-18-40(3,4)5/h7-9,11-12,15-16,19,21H,6,10,13-14,17-18,20H2,1-5H3. The van der Waals surface area contributed by atoms with Crippen LogP contribution >= 0.6 is 0 Å². The first kappa shape index (κ1) is 28.0. The molecule has 1 aliphatic carbocycles. The summed E-state index contributed by atoms with van der Waals surface area (Å²) in [5, 5.41) is 10.2. The van der Waals surface area contributed by atoms with Crippen molar-refractivity contribution in [3.05, 3.63) is 59.7 Å². The fraction of sp³-hybridized carbons (Fsp3) is 0.419. The summed E-state index contributed by atoms with van der Waals surface area (Å²) in [6.45, 7) is 10.1. The van der Waals surface area contributed by atoms with Gasteiger partial charge in [0.25, 0.3) is 0 Å². The number of nitrogens with zero attached hydrogens (tertiary/aromatic N) is 4. The van der Waals surface area contributed by atoms with Gasteiger partial charge in [0.05, 0.1) is 19.2 Å². The van der Waals surface area contributed by atoms with E-state index in [-0.39, 0.29) is 12.5 Å². The molecule has 210 valence electrons. The van der Waals surface area contributed by atoms with Crippen molar-refractivity contribution in [2.75, 3.05) is 20.3 Å². The number of rotatable bonds is 11. The Kier molecular flexibility index (Phi) is 8.32. The minimum absolute atomic E-state index is 0.235. The molecule has 1 saturated carbocycles. The van der Waals surface area contributed by atoms with Gasteiger partial charge in [-0.05, 0) is 43.4 Å². The summed E-state index contributed by atoms with van der Waals surface area (Å²) in [4.78, 5) is 17.6. The van der Waals surface area contributed by atoms with Gasteiger partial charge < -0.3 is 14.2 Å². The highest BCUT2D eigenvalue weighted by molar-refractivity contribution is 6.76. The van der Waals surface area contributed by atoms with E-state index in [0.29, 0.717) is 30.6 Å². The zero-order valence-corrected chi connectivity index (χ0v) is 25.1. The Morgan fingerprint density at radius 3 is 2.45 bits per heavy atom. The van der Waals surface area contributed by atoms with Crippen LogP contribution in [-0.4, -0.2) is 54.1 Å². The van der Waals surface area contributed by atoms with E-state index in [4.69, 9.17) is 24.3 Å². The lowest BCUT2D eigenvalue weighted by Crippen LogP contribution is -2.22. The zero-order chi connectivity index (χ0) is 28.3. The average Bonchev–Trinajstić information content (AvgIpc) is 3.32. The summed E-state index contributed by atoms with van der Waals surface area (Å²) < 4.78 is 19.2. The number of pyridine rings is 1. The Morgan fingerprint density at radius 1 is 1.05 bits per heavy atom. The second-order valence-corrected chi connectivity index (χ2v) is 17.1. The zero-order valence-electron chi connectivity index (χ0n) is 24.1. The van der Waals surface area contributed by atoms with Crippen LogP contribution in [0.1, 0.15) is 48.0 Å². The van der Waals surface area contributed by atoms with E-state index in [0.717, 1.165) is 46.7 Å². The topological polar surface area (TPSA) is 88.4 Å². The number of benzene rings is 2. The summed E-state index contributed by atoms with van der Waals surface area (Å²) in [7, 11) is 0.272. The normalized spacial score (nSPS) is 13.8. The second-order valence-electron chi connectivity index (χ2n) is 11.5. The van der Waals surface area contributed by atoms with Crippen LogP contribution in [0.25, 0.3) is 33.7 Å². The average molecular weight is 559 g/mol.